The molecule has 6 heteroatoms. The van der Waals surface area contributed by atoms with Crippen molar-refractivity contribution < 1.29 is 9.59 Å². The molecular formula is C15H15ClN2O2S. The van der Waals surface area contributed by atoms with Crippen LogP contribution in [0.2, 0.25) is 4.34 Å². The van der Waals surface area contributed by atoms with Crippen LogP contribution in [0.3, 0.4) is 0 Å². The van der Waals surface area contributed by atoms with Crippen molar-refractivity contribution in [1.82, 2.24) is 4.90 Å². The Bertz CT molecular complexity index is 652. The smallest absolute Gasteiger partial charge is 0.254 e. The van der Waals surface area contributed by atoms with Gasteiger partial charge in [0.25, 0.3) is 5.91 Å². The molecule has 4 nitrogen and oxygen atoms in total. The van der Waals surface area contributed by atoms with Crippen molar-refractivity contribution in [1.29, 1.82) is 0 Å². The van der Waals surface area contributed by atoms with Crippen LogP contribution in [-0.2, 0) is 6.54 Å². The number of amides is 2. The highest BCUT2D eigenvalue weighted by molar-refractivity contribution is 7.16. The molecule has 2 N–H and O–H groups in total. The van der Waals surface area contributed by atoms with Crippen LogP contribution in [0.4, 0.5) is 0 Å². The number of carbonyl (C=O) groups is 2. The zero-order valence-electron chi connectivity index (χ0n) is 11.5. The maximum Gasteiger partial charge on any atom is 0.254 e. The van der Waals surface area contributed by atoms with Crippen LogP contribution in [0.1, 0.15) is 32.5 Å². The number of primary amides is 1. The first kappa shape index (κ1) is 15.5. The lowest BCUT2D eigenvalue weighted by Gasteiger charge is -2.20. The maximum atomic E-state index is 12.4. The van der Waals surface area contributed by atoms with Gasteiger partial charge in [-0.05, 0) is 43.3 Å². The van der Waals surface area contributed by atoms with Gasteiger partial charge in [0.15, 0.2) is 0 Å². The predicted octanol–water partition coefficient (Wildman–Crippen LogP) is 3.16. The van der Waals surface area contributed by atoms with Crippen molar-refractivity contribution in [2.45, 2.75) is 13.5 Å². The molecule has 0 bridgehead atoms. The van der Waals surface area contributed by atoms with Crippen molar-refractivity contribution in [3.05, 3.63) is 56.7 Å². The number of nitrogens with two attached hydrogens (primary N) is 1. The molecule has 0 atom stereocenters. The minimum absolute atomic E-state index is 0.0851. The van der Waals surface area contributed by atoms with Gasteiger partial charge in [-0.25, -0.2) is 0 Å². The molecule has 0 saturated heterocycles. The number of rotatable bonds is 5. The van der Waals surface area contributed by atoms with Crippen molar-refractivity contribution in [2.24, 2.45) is 5.73 Å². The molecule has 0 aliphatic heterocycles. The lowest BCUT2D eigenvalue weighted by atomic mass is 10.1. The highest BCUT2D eigenvalue weighted by Gasteiger charge is 2.15. The summed E-state index contributed by atoms with van der Waals surface area (Å²) in [6.07, 6.45) is 0. The highest BCUT2D eigenvalue weighted by Crippen LogP contribution is 2.23. The Balaban J connectivity index is 2.13. The molecule has 2 aromatic rings. The average molecular weight is 323 g/mol. The van der Waals surface area contributed by atoms with Gasteiger partial charge in [-0.3, -0.25) is 9.59 Å². The SMILES string of the molecule is CCN(Cc1ccc(Cl)s1)C(=O)c1ccc(C(N)=O)cc1. The summed E-state index contributed by atoms with van der Waals surface area (Å²) >= 11 is 7.36. The fourth-order valence-corrected chi connectivity index (χ4v) is 3.02. The normalized spacial score (nSPS) is 10.4. The minimum Gasteiger partial charge on any atom is -0.366 e. The summed E-state index contributed by atoms with van der Waals surface area (Å²) in [4.78, 5) is 26.2. The fraction of sp³-hybridized carbons (Fsp3) is 0.200. The van der Waals surface area contributed by atoms with Gasteiger partial charge in [0.05, 0.1) is 10.9 Å². The molecular weight excluding hydrogens is 308 g/mol. The Morgan fingerprint density at radius 1 is 1.14 bits per heavy atom. The van der Waals surface area contributed by atoms with E-state index < -0.39 is 5.91 Å². The Morgan fingerprint density at radius 2 is 1.76 bits per heavy atom. The van der Waals surface area contributed by atoms with E-state index in [4.69, 9.17) is 17.3 Å². The largest absolute Gasteiger partial charge is 0.366 e. The van der Waals surface area contributed by atoms with Crippen LogP contribution < -0.4 is 5.73 Å². The van der Waals surface area contributed by atoms with Crippen LogP contribution in [0.5, 0.6) is 0 Å². The molecule has 1 heterocycles. The third kappa shape index (κ3) is 3.83. The van der Waals surface area contributed by atoms with E-state index in [1.54, 1.807) is 29.2 Å². The molecule has 0 unspecified atom stereocenters. The van der Waals surface area contributed by atoms with Crippen molar-refractivity contribution in [3.8, 4) is 0 Å². The molecule has 21 heavy (non-hydrogen) atoms. The molecule has 0 radical (unpaired) electrons. The van der Waals surface area contributed by atoms with E-state index in [9.17, 15) is 9.59 Å². The first-order valence-corrected chi connectivity index (χ1v) is 7.64. The highest BCUT2D eigenvalue weighted by atomic mass is 35.5. The van der Waals surface area contributed by atoms with E-state index in [2.05, 4.69) is 0 Å². The number of halogens is 1. The van der Waals surface area contributed by atoms with E-state index in [-0.39, 0.29) is 5.91 Å². The van der Waals surface area contributed by atoms with Gasteiger partial charge in [-0.2, -0.15) is 0 Å². The molecule has 1 aromatic heterocycles. The molecule has 2 amide bonds. The standard InChI is InChI=1S/C15H15ClN2O2S/c1-2-18(9-12-7-8-13(16)21-12)15(20)11-5-3-10(4-6-11)14(17)19/h3-8H,2,9H2,1H3,(H2,17,19). The number of hydrogen-bond donors (Lipinski definition) is 1. The van der Waals surface area contributed by atoms with Gasteiger partial charge < -0.3 is 10.6 Å². The Labute approximate surface area is 132 Å². The number of nitrogens with zero attached hydrogens (tertiary/aromatic N) is 1. The molecule has 0 spiro atoms. The van der Waals surface area contributed by atoms with Crippen molar-refractivity contribution in [3.63, 3.8) is 0 Å². The van der Waals surface area contributed by atoms with Crippen LogP contribution in [0.25, 0.3) is 0 Å². The lowest BCUT2D eigenvalue weighted by molar-refractivity contribution is 0.0753. The number of benzene rings is 1. The quantitative estimate of drug-likeness (QED) is 0.919. The molecule has 0 aliphatic carbocycles. The zero-order valence-corrected chi connectivity index (χ0v) is 13.1. The number of hydrogen-bond acceptors (Lipinski definition) is 3. The van der Waals surface area contributed by atoms with Crippen LogP contribution >= 0.6 is 22.9 Å². The molecule has 0 fully saturated rings. The third-order valence-electron chi connectivity index (χ3n) is 3.06. The average Bonchev–Trinajstić information content (AvgIpc) is 2.89. The summed E-state index contributed by atoms with van der Waals surface area (Å²) in [6.45, 7) is 3.03. The van der Waals surface area contributed by atoms with Gasteiger partial charge in [-0.15, -0.1) is 11.3 Å². The molecule has 2 rings (SSSR count). The van der Waals surface area contributed by atoms with E-state index in [1.807, 2.05) is 19.1 Å². The summed E-state index contributed by atoms with van der Waals surface area (Å²) in [5.74, 6) is -0.590. The Morgan fingerprint density at radius 3 is 2.24 bits per heavy atom. The topological polar surface area (TPSA) is 63.4 Å². The van der Waals surface area contributed by atoms with Gasteiger partial charge in [0.1, 0.15) is 0 Å². The van der Waals surface area contributed by atoms with Crippen LogP contribution in [0.15, 0.2) is 36.4 Å². The molecule has 110 valence electrons. The number of thiophene rings is 1. The molecule has 0 aliphatic rings. The maximum absolute atomic E-state index is 12.4. The van der Waals surface area contributed by atoms with Gasteiger partial charge >= 0.3 is 0 Å². The summed E-state index contributed by atoms with van der Waals surface area (Å²) in [6, 6.07) is 10.1. The lowest BCUT2D eigenvalue weighted by Crippen LogP contribution is -2.30. The van der Waals surface area contributed by atoms with Crippen LogP contribution in [0, 0.1) is 0 Å². The summed E-state index contributed by atoms with van der Waals surface area (Å²) < 4.78 is 0.708. The van der Waals surface area contributed by atoms with E-state index in [1.165, 1.54) is 11.3 Å². The van der Waals surface area contributed by atoms with Gasteiger partial charge in [-0.1, -0.05) is 11.6 Å². The fourth-order valence-electron chi connectivity index (χ4n) is 1.91. The van der Waals surface area contributed by atoms with E-state index >= 15 is 0 Å². The Kier molecular flexibility index (Phi) is 4.98. The summed E-state index contributed by atoms with van der Waals surface area (Å²) in [7, 11) is 0. The van der Waals surface area contributed by atoms with E-state index in [0.717, 1.165) is 4.88 Å². The third-order valence-corrected chi connectivity index (χ3v) is 4.28. The Hall–Kier alpha value is -1.85. The second-order valence-electron chi connectivity index (χ2n) is 4.47. The second kappa shape index (κ2) is 6.74. The van der Waals surface area contributed by atoms with Crippen LogP contribution in [-0.4, -0.2) is 23.3 Å². The van der Waals surface area contributed by atoms with E-state index in [0.29, 0.717) is 28.6 Å². The molecule has 1 aromatic carbocycles. The minimum atomic E-state index is -0.505. The van der Waals surface area contributed by atoms with Crippen molar-refractivity contribution in [2.75, 3.05) is 6.54 Å². The van der Waals surface area contributed by atoms with Crippen molar-refractivity contribution >= 4 is 34.8 Å². The summed E-state index contributed by atoms with van der Waals surface area (Å²) in [5, 5.41) is 0. The van der Waals surface area contributed by atoms with Gasteiger partial charge in [0.2, 0.25) is 5.91 Å². The first-order valence-electron chi connectivity index (χ1n) is 6.44. The summed E-state index contributed by atoms with van der Waals surface area (Å²) in [5.41, 5.74) is 6.11. The predicted molar refractivity (Wildman–Crippen MR) is 84.7 cm³/mol. The first-order chi connectivity index (χ1) is 10.0. The molecule has 0 saturated carbocycles. The zero-order chi connectivity index (χ0) is 15.4. The monoisotopic (exact) mass is 322 g/mol. The second-order valence-corrected chi connectivity index (χ2v) is 6.27. The number of carbonyl (C=O) groups excluding carboxylic acids is 2. The van der Waals surface area contributed by atoms with Gasteiger partial charge in [0, 0.05) is 22.5 Å².